The van der Waals surface area contributed by atoms with E-state index in [-0.39, 0.29) is 5.56 Å². The van der Waals surface area contributed by atoms with E-state index < -0.39 is 47.2 Å². The van der Waals surface area contributed by atoms with Crippen LogP contribution in [0.3, 0.4) is 0 Å². The molecule has 0 bridgehead atoms. The van der Waals surface area contributed by atoms with Crippen LogP contribution in [0.5, 0.6) is 5.88 Å². The molecule has 132 valence electrons. The average molecular weight is 360 g/mol. The maximum atomic E-state index is 13.0. The third kappa shape index (κ3) is 3.60. The Kier molecular flexibility index (Phi) is 4.46. The Morgan fingerprint density at radius 3 is 2.17 bits per heavy atom. The highest BCUT2D eigenvalue weighted by molar-refractivity contribution is 5.75. The largest absolute Gasteiger partial charge is 0.433 e. The normalized spacial score (nSPS) is 12.8. The van der Waals surface area contributed by atoms with Crippen LogP contribution in [0.15, 0.2) is 18.2 Å². The maximum absolute atomic E-state index is 13.0. The molecular formula is C13H8F8N2O. The second-order valence-corrected chi connectivity index (χ2v) is 4.68. The van der Waals surface area contributed by atoms with E-state index in [0.717, 1.165) is 6.07 Å². The number of rotatable bonds is 3. The Bertz CT molecular complexity index is 733. The van der Waals surface area contributed by atoms with Crippen LogP contribution in [-0.2, 0) is 12.4 Å². The van der Waals surface area contributed by atoms with Gasteiger partial charge in [-0.2, -0.15) is 35.1 Å². The van der Waals surface area contributed by atoms with Gasteiger partial charge in [-0.1, -0.05) is 6.07 Å². The van der Waals surface area contributed by atoms with Crippen LogP contribution in [-0.4, -0.2) is 16.8 Å². The van der Waals surface area contributed by atoms with Crippen molar-refractivity contribution >= 4 is 0 Å². The van der Waals surface area contributed by atoms with Gasteiger partial charge < -0.3 is 4.74 Å². The second kappa shape index (κ2) is 5.95. The van der Waals surface area contributed by atoms with Gasteiger partial charge in [0.2, 0.25) is 5.88 Å². The van der Waals surface area contributed by atoms with Crippen LogP contribution in [0.1, 0.15) is 16.8 Å². The smallest absolute Gasteiger partial charge is 0.415 e. The predicted octanol–water partition coefficient (Wildman–Crippen LogP) is 5.02. The number of halogens is 8. The highest BCUT2D eigenvalue weighted by Gasteiger charge is 2.40. The lowest BCUT2D eigenvalue weighted by Crippen LogP contribution is -2.10. The molecule has 0 atom stereocenters. The molecule has 24 heavy (non-hydrogen) atoms. The molecule has 11 heteroatoms. The van der Waals surface area contributed by atoms with Crippen molar-refractivity contribution in [2.75, 3.05) is 0 Å². The summed E-state index contributed by atoms with van der Waals surface area (Å²) in [6.07, 6.45) is -9.89. The van der Waals surface area contributed by atoms with Crippen molar-refractivity contribution < 1.29 is 39.9 Å². The molecule has 0 saturated heterocycles. The Labute approximate surface area is 129 Å². The highest BCUT2D eigenvalue weighted by atomic mass is 19.4. The summed E-state index contributed by atoms with van der Waals surface area (Å²) in [5, 5.41) is 4.49. The van der Waals surface area contributed by atoms with Gasteiger partial charge in [0, 0.05) is 0 Å². The summed E-state index contributed by atoms with van der Waals surface area (Å²) >= 11 is 0. The van der Waals surface area contributed by atoms with Crippen LogP contribution in [0.4, 0.5) is 35.1 Å². The van der Waals surface area contributed by atoms with E-state index in [1.54, 1.807) is 0 Å². The van der Waals surface area contributed by atoms with Crippen molar-refractivity contribution in [3.63, 3.8) is 0 Å². The minimum absolute atomic E-state index is 0.00554. The van der Waals surface area contributed by atoms with Crippen molar-refractivity contribution in [2.45, 2.75) is 25.9 Å². The molecule has 1 aromatic carbocycles. The van der Waals surface area contributed by atoms with Crippen molar-refractivity contribution in [1.82, 2.24) is 10.2 Å². The number of alkyl halides is 8. The fourth-order valence-corrected chi connectivity index (χ4v) is 2.02. The predicted molar refractivity (Wildman–Crippen MR) is 65.4 cm³/mol. The number of aromatic amines is 1. The SMILES string of the molecule is Cc1ccc(C(F)(F)F)cc1-c1c(OC(F)F)n[nH]c1C(F)(F)F. The number of aromatic nitrogens is 2. The summed E-state index contributed by atoms with van der Waals surface area (Å²) in [4.78, 5) is 0. The topological polar surface area (TPSA) is 37.9 Å². The first kappa shape index (κ1) is 18.0. The van der Waals surface area contributed by atoms with Crippen molar-refractivity contribution in [2.24, 2.45) is 0 Å². The first-order valence-corrected chi connectivity index (χ1v) is 6.20. The lowest BCUT2D eigenvalue weighted by Gasteiger charge is -2.14. The van der Waals surface area contributed by atoms with Gasteiger partial charge >= 0.3 is 19.0 Å². The van der Waals surface area contributed by atoms with E-state index in [9.17, 15) is 35.1 Å². The van der Waals surface area contributed by atoms with Gasteiger partial charge in [-0.3, -0.25) is 5.10 Å². The minimum Gasteiger partial charge on any atom is -0.415 e. The van der Waals surface area contributed by atoms with E-state index in [4.69, 9.17) is 0 Å². The molecule has 0 aliphatic rings. The number of hydrogen-bond donors (Lipinski definition) is 1. The summed E-state index contributed by atoms with van der Waals surface area (Å²) < 4.78 is 106. The molecule has 3 nitrogen and oxygen atoms in total. The lowest BCUT2D eigenvalue weighted by atomic mass is 9.97. The fraction of sp³-hybridized carbons (Fsp3) is 0.308. The summed E-state index contributed by atoms with van der Waals surface area (Å²) in [6, 6.07) is 2.02. The Morgan fingerprint density at radius 2 is 1.67 bits per heavy atom. The van der Waals surface area contributed by atoms with Gasteiger partial charge in [0.05, 0.1) is 11.1 Å². The van der Waals surface area contributed by atoms with E-state index in [2.05, 4.69) is 9.84 Å². The van der Waals surface area contributed by atoms with Crippen molar-refractivity contribution in [3.05, 3.63) is 35.0 Å². The van der Waals surface area contributed by atoms with Crippen LogP contribution in [0.25, 0.3) is 11.1 Å². The number of H-pyrrole nitrogens is 1. The summed E-state index contributed by atoms with van der Waals surface area (Å²) in [5.41, 5.74) is -4.40. The average Bonchev–Trinajstić information content (AvgIpc) is 2.80. The van der Waals surface area contributed by atoms with E-state index in [0.29, 0.717) is 12.1 Å². The number of nitrogens with one attached hydrogen (secondary N) is 1. The molecule has 2 rings (SSSR count). The zero-order valence-electron chi connectivity index (χ0n) is 11.7. The number of benzene rings is 1. The summed E-state index contributed by atoms with van der Waals surface area (Å²) in [5.74, 6) is -1.14. The highest BCUT2D eigenvalue weighted by Crippen LogP contribution is 2.43. The maximum Gasteiger partial charge on any atom is 0.433 e. The standard InChI is InChI=1S/C13H8F8N2O/c1-5-2-3-6(12(16,17)18)4-7(5)8-9(13(19,20)21)22-23-10(8)24-11(14)15/h2-4,11H,1H3,(H,22,23). The zero-order chi connectivity index (χ0) is 18.3. The monoisotopic (exact) mass is 360 g/mol. The quantitative estimate of drug-likeness (QED) is 0.780. The molecule has 0 saturated carbocycles. The minimum atomic E-state index is -5.06. The van der Waals surface area contributed by atoms with Gasteiger partial charge in [0.25, 0.3) is 0 Å². The number of aryl methyl sites for hydroxylation is 1. The van der Waals surface area contributed by atoms with E-state index in [1.807, 2.05) is 0 Å². The van der Waals surface area contributed by atoms with Crippen LogP contribution < -0.4 is 4.74 Å². The molecule has 0 fully saturated rings. The Hall–Kier alpha value is -2.33. The molecule has 0 radical (unpaired) electrons. The first-order valence-electron chi connectivity index (χ1n) is 6.20. The molecule has 0 spiro atoms. The molecule has 1 N–H and O–H groups in total. The molecule has 1 heterocycles. The number of hydrogen-bond acceptors (Lipinski definition) is 2. The summed E-state index contributed by atoms with van der Waals surface area (Å²) in [7, 11) is 0. The van der Waals surface area contributed by atoms with Gasteiger partial charge in [-0.15, -0.1) is 5.10 Å². The molecule has 0 aliphatic carbocycles. The van der Waals surface area contributed by atoms with E-state index in [1.165, 1.54) is 12.0 Å². The molecular weight excluding hydrogens is 352 g/mol. The first-order chi connectivity index (χ1) is 10.9. The Balaban J connectivity index is 2.72. The third-order valence-electron chi connectivity index (χ3n) is 3.05. The molecule has 0 unspecified atom stereocenters. The van der Waals surface area contributed by atoms with Crippen molar-refractivity contribution in [3.8, 4) is 17.0 Å². The number of ether oxygens (including phenoxy) is 1. The van der Waals surface area contributed by atoms with Gasteiger partial charge in [0.1, 0.15) is 0 Å². The molecule has 0 aliphatic heterocycles. The van der Waals surface area contributed by atoms with Crippen LogP contribution in [0.2, 0.25) is 0 Å². The lowest BCUT2D eigenvalue weighted by molar-refractivity contribution is -0.140. The van der Waals surface area contributed by atoms with Crippen molar-refractivity contribution in [1.29, 1.82) is 0 Å². The second-order valence-electron chi connectivity index (χ2n) is 4.68. The number of nitrogens with zero attached hydrogens (tertiary/aromatic N) is 1. The van der Waals surface area contributed by atoms with E-state index >= 15 is 0 Å². The molecule has 1 aromatic heterocycles. The van der Waals surface area contributed by atoms with Gasteiger partial charge in [-0.05, 0) is 30.2 Å². The zero-order valence-corrected chi connectivity index (χ0v) is 11.7. The summed E-state index contributed by atoms with van der Waals surface area (Å²) in [6.45, 7) is -2.27. The Morgan fingerprint density at radius 1 is 1.04 bits per heavy atom. The molecule has 2 aromatic rings. The van der Waals surface area contributed by atoms with Gasteiger partial charge in [0.15, 0.2) is 5.69 Å². The van der Waals surface area contributed by atoms with Crippen LogP contribution in [0, 0.1) is 6.92 Å². The van der Waals surface area contributed by atoms with Crippen LogP contribution >= 0.6 is 0 Å². The fourth-order valence-electron chi connectivity index (χ4n) is 2.02. The van der Waals surface area contributed by atoms with Gasteiger partial charge in [-0.25, -0.2) is 0 Å². The molecule has 0 amide bonds. The third-order valence-corrected chi connectivity index (χ3v) is 3.05.